The minimum atomic E-state index is -0.325. The van der Waals surface area contributed by atoms with Gasteiger partial charge in [0, 0.05) is 6.54 Å². The number of aliphatic hydroxyl groups excluding tert-OH is 1. The summed E-state index contributed by atoms with van der Waals surface area (Å²) >= 11 is 0. The molecule has 1 heterocycles. The molecule has 100 valence electrons. The Morgan fingerprint density at radius 3 is 2.59 bits per heavy atom. The number of hydrogen-bond donors (Lipinski definition) is 1. The fourth-order valence-corrected chi connectivity index (χ4v) is 2.37. The molecule has 1 aliphatic heterocycles. The van der Waals surface area contributed by atoms with E-state index in [4.69, 9.17) is 4.74 Å². The highest BCUT2D eigenvalue weighted by Gasteiger charge is 2.39. The van der Waals surface area contributed by atoms with Gasteiger partial charge in [-0.05, 0) is 12.8 Å². The maximum atomic E-state index is 11.7. The summed E-state index contributed by atoms with van der Waals surface area (Å²) in [4.78, 5) is 13.5. The van der Waals surface area contributed by atoms with Crippen molar-refractivity contribution in [2.24, 2.45) is 0 Å². The van der Waals surface area contributed by atoms with Crippen LogP contribution in [-0.4, -0.2) is 41.4 Å². The van der Waals surface area contributed by atoms with Crippen LogP contribution in [-0.2, 0) is 4.74 Å². The normalized spacial score (nSPS) is 24.2. The summed E-state index contributed by atoms with van der Waals surface area (Å²) in [5.74, 6) is 0. The van der Waals surface area contributed by atoms with Crippen molar-refractivity contribution in [3.63, 3.8) is 0 Å². The summed E-state index contributed by atoms with van der Waals surface area (Å²) in [5.41, 5.74) is 0. The van der Waals surface area contributed by atoms with Gasteiger partial charge in [0.2, 0.25) is 0 Å². The van der Waals surface area contributed by atoms with Crippen LogP contribution in [0.15, 0.2) is 0 Å². The van der Waals surface area contributed by atoms with E-state index in [0.717, 1.165) is 32.2 Å². The summed E-state index contributed by atoms with van der Waals surface area (Å²) in [7, 11) is 0. The Balaban J connectivity index is 2.45. The summed E-state index contributed by atoms with van der Waals surface area (Å²) in [6, 6.07) is 0.0686. The second-order valence-corrected chi connectivity index (χ2v) is 4.71. The zero-order chi connectivity index (χ0) is 12.7. The third kappa shape index (κ3) is 3.87. The number of unbranched alkanes of at least 4 members (excludes halogenated alkanes) is 3. The number of carbonyl (C=O) groups is 1. The highest BCUT2D eigenvalue weighted by atomic mass is 16.6. The van der Waals surface area contributed by atoms with Crippen LogP contribution in [0.3, 0.4) is 0 Å². The molecule has 0 aromatic rings. The molecule has 2 atom stereocenters. The molecule has 4 heteroatoms. The lowest BCUT2D eigenvalue weighted by atomic mass is 10.1. The molecule has 0 bridgehead atoms. The second kappa shape index (κ2) is 7.54. The van der Waals surface area contributed by atoms with E-state index in [2.05, 4.69) is 13.8 Å². The number of amides is 1. The van der Waals surface area contributed by atoms with Gasteiger partial charge in [-0.1, -0.05) is 39.5 Å². The number of cyclic esters (lactones) is 1. The summed E-state index contributed by atoms with van der Waals surface area (Å²) < 4.78 is 5.18. The lowest BCUT2D eigenvalue weighted by molar-refractivity contribution is 0.0811. The maximum absolute atomic E-state index is 11.7. The van der Waals surface area contributed by atoms with Crippen LogP contribution in [0.5, 0.6) is 0 Å². The molecule has 1 saturated heterocycles. The van der Waals surface area contributed by atoms with E-state index in [0.29, 0.717) is 0 Å². The first-order valence-electron chi connectivity index (χ1n) is 6.82. The molecule has 0 unspecified atom stereocenters. The van der Waals surface area contributed by atoms with Crippen LogP contribution in [0, 0.1) is 0 Å². The van der Waals surface area contributed by atoms with Crippen LogP contribution < -0.4 is 0 Å². The van der Waals surface area contributed by atoms with E-state index in [9.17, 15) is 9.90 Å². The summed E-state index contributed by atoms with van der Waals surface area (Å²) in [6.45, 7) is 4.96. The number of aliphatic hydroxyl groups is 1. The molecule has 1 amide bonds. The Labute approximate surface area is 104 Å². The molecular weight excluding hydrogens is 218 g/mol. The van der Waals surface area contributed by atoms with Crippen LogP contribution in [0.2, 0.25) is 0 Å². The third-order valence-electron chi connectivity index (χ3n) is 3.33. The van der Waals surface area contributed by atoms with Gasteiger partial charge in [-0.25, -0.2) is 4.79 Å². The quantitative estimate of drug-likeness (QED) is 0.666. The molecule has 1 N–H and O–H groups in total. The van der Waals surface area contributed by atoms with Crippen LogP contribution in [0.25, 0.3) is 0 Å². The Kier molecular flexibility index (Phi) is 6.34. The van der Waals surface area contributed by atoms with Gasteiger partial charge in [0.1, 0.15) is 6.10 Å². The first kappa shape index (κ1) is 14.3. The van der Waals surface area contributed by atoms with E-state index in [1.54, 1.807) is 4.90 Å². The predicted molar refractivity (Wildman–Crippen MR) is 66.9 cm³/mol. The van der Waals surface area contributed by atoms with Crippen molar-refractivity contribution < 1.29 is 14.6 Å². The predicted octanol–water partition coefficient (Wildman–Crippen LogP) is 2.55. The van der Waals surface area contributed by atoms with Crippen molar-refractivity contribution in [2.45, 2.75) is 64.5 Å². The maximum Gasteiger partial charge on any atom is 0.410 e. The van der Waals surface area contributed by atoms with Gasteiger partial charge in [0.25, 0.3) is 0 Å². The van der Waals surface area contributed by atoms with Gasteiger partial charge in [-0.2, -0.15) is 0 Å². The number of hydrogen-bond acceptors (Lipinski definition) is 3. The zero-order valence-corrected chi connectivity index (χ0v) is 11.0. The van der Waals surface area contributed by atoms with Crippen molar-refractivity contribution in [3.05, 3.63) is 0 Å². The van der Waals surface area contributed by atoms with Crippen molar-refractivity contribution in [1.29, 1.82) is 0 Å². The fourth-order valence-electron chi connectivity index (χ4n) is 2.37. The number of rotatable bonds is 8. The number of carbonyl (C=O) groups excluding carboxylic acids is 1. The lowest BCUT2D eigenvalue weighted by Crippen LogP contribution is -2.38. The molecule has 0 aliphatic carbocycles. The van der Waals surface area contributed by atoms with E-state index >= 15 is 0 Å². The lowest BCUT2D eigenvalue weighted by Gasteiger charge is -2.23. The van der Waals surface area contributed by atoms with Crippen molar-refractivity contribution in [3.8, 4) is 0 Å². The van der Waals surface area contributed by atoms with E-state index in [1.807, 2.05) is 0 Å². The van der Waals surface area contributed by atoms with Gasteiger partial charge in [0.15, 0.2) is 0 Å². The minimum absolute atomic E-state index is 0.0676. The van der Waals surface area contributed by atoms with Gasteiger partial charge in [0.05, 0.1) is 12.6 Å². The Hall–Kier alpha value is -0.770. The topological polar surface area (TPSA) is 49.8 Å². The average Bonchev–Trinajstić information content (AvgIpc) is 2.62. The number of nitrogens with zero attached hydrogens (tertiary/aromatic N) is 1. The molecule has 0 aromatic heterocycles. The standard InChI is InChI=1S/C13H25NO3/c1-3-5-6-7-9-14-11(8-4-2)12(10-15)17-13(14)16/h11-12,15H,3-10H2,1-2H3/t11-,12+/m1/s1. The average molecular weight is 243 g/mol. The molecule has 0 spiro atoms. The van der Waals surface area contributed by atoms with E-state index in [-0.39, 0.29) is 24.8 Å². The first-order valence-corrected chi connectivity index (χ1v) is 6.82. The SMILES string of the molecule is CCCCCCN1C(=O)O[C@@H](CO)[C@H]1CCC. The Bertz CT molecular complexity index is 233. The van der Waals surface area contributed by atoms with Crippen molar-refractivity contribution in [2.75, 3.05) is 13.2 Å². The first-order chi connectivity index (χ1) is 8.24. The monoisotopic (exact) mass is 243 g/mol. The third-order valence-corrected chi connectivity index (χ3v) is 3.33. The molecule has 1 rings (SSSR count). The highest BCUT2D eigenvalue weighted by Crippen LogP contribution is 2.23. The molecule has 0 radical (unpaired) electrons. The molecule has 1 aliphatic rings. The molecular formula is C13H25NO3. The number of ether oxygens (including phenoxy) is 1. The second-order valence-electron chi connectivity index (χ2n) is 4.71. The van der Waals surface area contributed by atoms with Gasteiger partial charge in [-0.3, -0.25) is 0 Å². The largest absolute Gasteiger partial charge is 0.441 e. The van der Waals surface area contributed by atoms with Crippen molar-refractivity contribution >= 4 is 6.09 Å². The minimum Gasteiger partial charge on any atom is -0.441 e. The Morgan fingerprint density at radius 1 is 1.24 bits per heavy atom. The van der Waals surface area contributed by atoms with Crippen molar-refractivity contribution in [1.82, 2.24) is 4.90 Å². The van der Waals surface area contributed by atoms with Gasteiger partial charge in [-0.15, -0.1) is 0 Å². The van der Waals surface area contributed by atoms with Crippen LogP contribution in [0.4, 0.5) is 4.79 Å². The van der Waals surface area contributed by atoms with E-state index in [1.165, 1.54) is 12.8 Å². The van der Waals surface area contributed by atoms with Crippen LogP contribution in [0.1, 0.15) is 52.4 Å². The van der Waals surface area contributed by atoms with Crippen LogP contribution >= 0.6 is 0 Å². The zero-order valence-electron chi connectivity index (χ0n) is 11.0. The van der Waals surface area contributed by atoms with E-state index < -0.39 is 0 Å². The summed E-state index contributed by atoms with van der Waals surface area (Å²) in [6.07, 6.45) is 5.93. The smallest absolute Gasteiger partial charge is 0.410 e. The molecule has 1 fully saturated rings. The molecule has 4 nitrogen and oxygen atoms in total. The molecule has 17 heavy (non-hydrogen) atoms. The fraction of sp³-hybridized carbons (Fsp3) is 0.923. The highest BCUT2D eigenvalue weighted by molar-refractivity contribution is 5.70. The summed E-state index contributed by atoms with van der Waals surface area (Å²) in [5, 5.41) is 9.20. The van der Waals surface area contributed by atoms with Gasteiger partial charge >= 0.3 is 6.09 Å². The molecule has 0 saturated carbocycles. The Morgan fingerprint density at radius 2 is 2.00 bits per heavy atom. The molecule has 0 aromatic carbocycles. The van der Waals surface area contributed by atoms with Gasteiger partial charge < -0.3 is 14.7 Å².